The summed E-state index contributed by atoms with van der Waals surface area (Å²) in [7, 11) is 0. The van der Waals surface area contributed by atoms with Gasteiger partial charge in [-0.2, -0.15) is 0 Å². The molecule has 1 nitrogen and oxygen atoms in total. The smallest absolute Gasteiger partial charge is 0.134 e. The van der Waals surface area contributed by atoms with E-state index in [2.05, 4.69) is 0 Å². The van der Waals surface area contributed by atoms with E-state index in [1.807, 2.05) is 19.9 Å². The molecule has 2 rings (SSSR count). The second-order valence-corrected chi connectivity index (χ2v) is 5.76. The first-order chi connectivity index (χ1) is 8.41. The van der Waals surface area contributed by atoms with Crippen molar-refractivity contribution < 1.29 is 8.78 Å². The number of hydrogen-bond acceptors (Lipinski definition) is 2. The van der Waals surface area contributed by atoms with Gasteiger partial charge in [0.1, 0.15) is 11.6 Å². The molecule has 2 N–H and O–H groups in total. The van der Waals surface area contributed by atoms with Crippen LogP contribution in [0.4, 0.5) is 8.78 Å². The molecule has 0 saturated heterocycles. The van der Waals surface area contributed by atoms with Gasteiger partial charge in [-0.05, 0) is 44.0 Å². The van der Waals surface area contributed by atoms with Crippen molar-refractivity contribution >= 4 is 11.3 Å². The molecule has 18 heavy (non-hydrogen) atoms. The fourth-order valence-corrected chi connectivity index (χ4v) is 3.11. The molecule has 0 radical (unpaired) electrons. The van der Waals surface area contributed by atoms with E-state index >= 15 is 0 Å². The van der Waals surface area contributed by atoms with Gasteiger partial charge in [-0.3, -0.25) is 0 Å². The molecule has 4 heteroatoms. The minimum absolute atomic E-state index is 0.0417. The fourth-order valence-electron chi connectivity index (χ4n) is 2.06. The number of nitrogens with two attached hydrogens (primary N) is 1. The monoisotopic (exact) mass is 267 g/mol. The second kappa shape index (κ2) is 4.78. The second-order valence-electron chi connectivity index (χ2n) is 4.47. The summed E-state index contributed by atoms with van der Waals surface area (Å²) in [4.78, 5) is 1.90. The minimum Gasteiger partial charge on any atom is -0.319 e. The predicted octanol–water partition coefficient (Wildman–Crippen LogP) is 4.00. The van der Waals surface area contributed by atoms with Crippen LogP contribution in [0.1, 0.15) is 32.5 Å². The third-order valence-corrected chi connectivity index (χ3v) is 4.23. The van der Waals surface area contributed by atoms with Crippen LogP contribution in [0.25, 0.3) is 0 Å². The minimum atomic E-state index is -0.747. The highest BCUT2D eigenvalue weighted by molar-refractivity contribution is 7.12. The Morgan fingerprint density at radius 1 is 1.11 bits per heavy atom. The van der Waals surface area contributed by atoms with E-state index in [1.165, 1.54) is 23.5 Å². The number of rotatable bonds is 2. The van der Waals surface area contributed by atoms with Gasteiger partial charge < -0.3 is 5.73 Å². The molecule has 1 atom stereocenters. The number of hydrogen-bond donors (Lipinski definition) is 1. The SMILES string of the molecule is Cc1cc(C)c(C(N)c2c(F)ccc(C)c2F)s1. The lowest BCUT2D eigenvalue weighted by atomic mass is 10.0. The Bertz CT molecular complexity index is 590. The Labute approximate surface area is 109 Å². The molecule has 0 aliphatic carbocycles. The number of thiophene rings is 1. The summed E-state index contributed by atoms with van der Waals surface area (Å²) in [6, 6.07) is 3.92. The van der Waals surface area contributed by atoms with Crippen LogP contribution in [0.5, 0.6) is 0 Å². The lowest BCUT2D eigenvalue weighted by Gasteiger charge is -2.15. The first kappa shape index (κ1) is 13.2. The molecule has 0 bridgehead atoms. The van der Waals surface area contributed by atoms with Crippen molar-refractivity contribution in [1.82, 2.24) is 0 Å². The average Bonchev–Trinajstić information content (AvgIpc) is 2.63. The Kier molecular flexibility index (Phi) is 3.50. The molecule has 0 fully saturated rings. The van der Waals surface area contributed by atoms with Gasteiger partial charge in [-0.15, -0.1) is 11.3 Å². The molecule has 0 saturated carbocycles. The van der Waals surface area contributed by atoms with Gasteiger partial charge in [-0.25, -0.2) is 8.78 Å². The van der Waals surface area contributed by atoms with Crippen LogP contribution in [0.3, 0.4) is 0 Å². The number of benzene rings is 1. The van der Waals surface area contributed by atoms with Crippen molar-refractivity contribution in [3.05, 3.63) is 56.3 Å². The zero-order chi connectivity index (χ0) is 13.4. The van der Waals surface area contributed by atoms with Crippen LogP contribution < -0.4 is 5.73 Å². The van der Waals surface area contributed by atoms with Crippen LogP contribution >= 0.6 is 11.3 Å². The Morgan fingerprint density at radius 3 is 2.33 bits per heavy atom. The van der Waals surface area contributed by atoms with Gasteiger partial charge in [0.25, 0.3) is 0 Å². The highest BCUT2D eigenvalue weighted by Crippen LogP contribution is 2.33. The third kappa shape index (κ3) is 2.18. The molecule has 1 aromatic heterocycles. The standard InChI is InChI=1S/C14H15F2NS/c1-7-4-5-10(15)11(12(7)16)13(17)14-8(2)6-9(3)18-14/h4-6,13H,17H2,1-3H3. The van der Waals surface area contributed by atoms with Gasteiger partial charge in [0.15, 0.2) is 0 Å². The van der Waals surface area contributed by atoms with E-state index < -0.39 is 17.7 Å². The van der Waals surface area contributed by atoms with E-state index in [-0.39, 0.29) is 5.56 Å². The van der Waals surface area contributed by atoms with Crippen molar-refractivity contribution in [3.8, 4) is 0 Å². The first-order valence-corrected chi connectivity index (χ1v) is 6.50. The van der Waals surface area contributed by atoms with E-state index in [9.17, 15) is 8.78 Å². The zero-order valence-electron chi connectivity index (χ0n) is 10.6. The topological polar surface area (TPSA) is 26.0 Å². The number of aryl methyl sites for hydroxylation is 3. The summed E-state index contributed by atoms with van der Waals surface area (Å²) in [5, 5.41) is 0. The van der Waals surface area contributed by atoms with Gasteiger partial charge >= 0.3 is 0 Å². The van der Waals surface area contributed by atoms with Gasteiger partial charge in [0, 0.05) is 15.3 Å². The summed E-state index contributed by atoms with van der Waals surface area (Å²) in [5.74, 6) is -1.14. The maximum Gasteiger partial charge on any atom is 0.134 e. The summed E-state index contributed by atoms with van der Waals surface area (Å²) < 4.78 is 27.8. The quantitative estimate of drug-likeness (QED) is 0.874. The summed E-state index contributed by atoms with van der Waals surface area (Å²) >= 11 is 1.48. The summed E-state index contributed by atoms with van der Waals surface area (Å²) in [6.45, 7) is 5.47. The molecule has 0 aliphatic heterocycles. The van der Waals surface area contributed by atoms with Crippen molar-refractivity contribution in [2.24, 2.45) is 5.73 Å². The molecular weight excluding hydrogens is 252 g/mol. The van der Waals surface area contributed by atoms with Gasteiger partial charge in [0.05, 0.1) is 6.04 Å². The predicted molar refractivity (Wildman–Crippen MR) is 70.9 cm³/mol. The fraction of sp³-hybridized carbons (Fsp3) is 0.286. The van der Waals surface area contributed by atoms with E-state index in [4.69, 9.17) is 5.73 Å². The van der Waals surface area contributed by atoms with Gasteiger partial charge in [0.2, 0.25) is 0 Å². The third-order valence-electron chi connectivity index (χ3n) is 2.99. The van der Waals surface area contributed by atoms with Crippen molar-refractivity contribution in [2.75, 3.05) is 0 Å². The Morgan fingerprint density at radius 2 is 1.78 bits per heavy atom. The molecule has 1 unspecified atom stereocenters. The Balaban J connectivity index is 2.56. The van der Waals surface area contributed by atoms with Crippen LogP contribution in [0, 0.1) is 32.4 Å². The van der Waals surface area contributed by atoms with Gasteiger partial charge in [-0.1, -0.05) is 6.07 Å². The van der Waals surface area contributed by atoms with Crippen molar-refractivity contribution in [3.63, 3.8) is 0 Å². The molecule has 96 valence electrons. The molecule has 2 aromatic rings. The Hall–Kier alpha value is -1.26. The van der Waals surface area contributed by atoms with Crippen molar-refractivity contribution in [2.45, 2.75) is 26.8 Å². The highest BCUT2D eigenvalue weighted by Gasteiger charge is 2.22. The average molecular weight is 267 g/mol. The normalized spacial score (nSPS) is 12.8. The zero-order valence-corrected chi connectivity index (χ0v) is 11.4. The maximum atomic E-state index is 14.0. The molecule has 1 heterocycles. The van der Waals surface area contributed by atoms with E-state index in [0.29, 0.717) is 5.56 Å². The first-order valence-electron chi connectivity index (χ1n) is 5.68. The van der Waals surface area contributed by atoms with Crippen LogP contribution in [0.2, 0.25) is 0 Å². The van der Waals surface area contributed by atoms with E-state index in [0.717, 1.165) is 15.3 Å². The van der Waals surface area contributed by atoms with Crippen LogP contribution in [-0.2, 0) is 0 Å². The van der Waals surface area contributed by atoms with Crippen LogP contribution in [-0.4, -0.2) is 0 Å². The van der Waals surface area contributed by atoms with Crippen molar-refractivity contribution in [1.29, 1.82) is 0 Å². The maximum absolute atomic E-state index is 14.0. The molecule has 0 spiro atoms. The largest absolute Gasteiger partial charge is 0.319 e. The molecule has 1 aromatic carbocycles. The van der Waals surface area contributed by atoms with E-state index in [1.54, 1.807) is 6.92 Å². The molecular formula is C14H15F2NS. The molecule has 0 aliphatic rings. The van der Waals surface area contributed by atoms with Crippen LogP contribution in [0.15, 0.2) is 18.2 Å². The lowest BCUT2D eigenvalue weighted by Crippen LogP contribution is -2.16. The summed E-state index contributed by atoms with van der Waals surface area (Å²) in [6.07, 6.45) is 0. The molecule has 0 amide bonds. The lowest BCUT2D eigenvalue weighted by molar-refractivity contribution is 0.539. The number of halogens is 2. The highest BCUT2D eigenvalue weighted by atomic mass is 32.1. The summed E-state index contributed by atoms with van der Waals surface area (Å²) in [5.41, 5.74) is 7.38.